The van der Waals surface area contributed by atoms with E-state index in [-0.39, 0.29) is 11.9 Å². The summed E-state index contributed by atoms with van der Waals surface area (Å²) in [6.07, 6.45) is 2.32. The molecule has 0 aliphatic rings. The van der Waals surface area contributed by atoms with Gasteiger partial charge in [0, 0.05) is 12.6 Å². The van der Waals surface area contributed by atoms with E-state index >= 15 is 0 Å². The van der Waals surface area contributed by atoms with Crippen LogP contribution < -0.4 is 10.6 Å². The van der Waals surface area contributed by atoms with Gasteiger partial charge >= 0.3 is 0 Å². The molecule has 0 aromatic carbocycles. The lowest BCUT2D eigenvalue weighted by atomic mass is 10.00. The molecule has 0 heterocycles. The first-order valence-electron chi connectivity index (χ1n) is 6.04. The van der Waals surface area contributed by atoms with Crippen molar-refractivity contribution in [1.29, 1.82) is 0 Å². The van der Waals surface area contributed by atoms with Crippen LogP contribution in [0.15, 0.2) is 0 Å². The molecule has 0 fully saturated rings. The molecule has 0 aliphatic heterocycles. The van der Waals surface area contributed by atoms with Crippen molar-refractivity contribution in [2.24, 2.45) is 5.92 Å². The summed E-state index contributed by atoms with van der Waals surface area (Å²) in [5, 5.41) is 6.13. The number of nitrogens with one attached hydrogen (secondary N) is 2. The molecule has 3 unspecified atom stereocenters. The summed E-state index contributed by atoms with van der Waals surface area (Å²) in [4.78, 5) is 11.5. The van der Waals surface area contributed by atoms with Crippen molar-refractivity contribution in [3.05, 3.63) is 0 Å². The van der Waals surface area contributed by atoms with E-state index in [9.17, 15) is 4.79 Å². The summed E-state index contributed by atoms with van der Waals surface area (Å²) < 4.78 is 0. The number of carbonyl (C=O) groups is 1. The number of likely N-dealkylation sites (N-methyl/N-ethyl adjacent to an activating group) is 1. The molecule has 0 saturated carbocycles. The van der Waals surface area contributed by atoms with Crippen LogP contribution in [0.1, 0.15) is 47.5 Å². The Morgan fingerprint density at radius 2 is 1.80 bits per heavy atom. The molecule has 2 N–H and O–H groups in total. The van der Waals surface area contributed by atoms with Crippen LogP contribution in [0.3, 0.4) is 0 Å². The smallest absolute Gasteiger partial charge is 0.236 e. The van der Waals surface area contributed by atoms with E-state index in [2.05, 4.69) is 31.4 Å². The molecule has 0 rings (SSSR count). The van der Waals surface area contributed by atoms with Crippen LogP contribution in [0.5, 0.6) is 0 Å². The predicted molar refractivity (Wildman–Crippen MR) is 64.8 cm³/mol. The standard InChI is InChI=1S/C12H26N2O/c1-6-9(3)8-10(4)14-11(5)12(15)13-7-2/h9-11,14H,6-8H2,1-5H3,(H,13,15). The van der Waals surface area contributed by atoms with Crippen LogP contribution in [0.4, 0.5) is 0 Å². The number of amides is 1. The van der Waals surface area contributed by atoms with E-state index in [1.165, 1.54) is 6.42 Å². The molecule has 0 bridgehead atoms. The molecule has 1 amide bonds. The van der Waals surface area contributed by atoms with E-state index in [0.717, 1.165) is 6.42 Å². The summed E-state index contributed by atoms with van der Waals surface area (Å²) >= 11 is 0. The van der Waals surface area contributed by atoms with Gasteiger partial charge in [0.25, 0.3) is 0 Å². The Kier molecular flexibility index (Phi) is 7.39. The van der Waals surface area contributed by atoms with E-state index in [0.29, 0.717) is 18.5 Å². The van der Waals surface area contributed by atoms with Crippen molar-refractivity contribution in [1.82, 2.24) is 10.6 Å². The third kappa shape index (κ3) is 6.50. The number of hydrogen-bond donors (Lipinski definition) is 2. The second kappa shape index (κ2) is 7.69. The second-order valence-electron chi connectivity index (χ2n) is 4.43. The third-order valence-electron chi connectivity index (χ3n) is 2.73. The number of rotatable bonds is 7. The van der Waals surface area contributed by atoms with Crippen LogP contribution in [0.2, 0.25) is 0 Å². The van der Waals surface area contributed by atoms with Crippen molar-refractivity contribution in [3.63, 3.8) is 0 Å². The monoisotopic (exact) mass is 214 g/mol. The molecule has 0 spiro atoms. The Morgan fingerprint density at radius 1 is 1.20 bits per heavy atom. The van der Waals surface area contributed by atoms with Gasteiger partial charge in [0.15, 0.2) is 0 Å². The largest absolute Gasteiger partial charge is 0.355 e. The highest BCUT2D eigenvalue weighted by molar-refractivity contribution is 5.81. The SMILES string of the molecule is CCNC(=O)C(C)NC(C)CC(C)CC. The summed E-state index contributed by atoms with van der Waals surface area (Å²) in [6, 6.07) is 0.307. The van der Waals surface area contributed by atoms with E-state index in [1.807, 2.05) is 13.8 Å². The summed E-state index contributed by atoms with van der Waals surface area (Å²) in [5.74, 6) is 0.808. The maximum absolute atomic E-state index is 11.5. The molecule has 3 heteroatoms. The van der Waals surface area contributed by atoms with Crippen molar-refractivity contribution in [3.8, 4) is 0 Å². The predicted octanol–water partition coefficient (Wildman–Crippen LogP) is 1.93. The first-order chi connectivity index (χ1) is 7.01. The Labute approximate surface area is 94.0 Å². The van der Waals surface area contributed by atoms with Crippen molar-refractivity contribution >= 4 is 5.91 Å². The number of carbonyl (C=O) groups excluding carboxylic acids is 1. The van der Waals surface area contributed by atoms with E-state index in [4.69, 9.17) is 0 Å². The minimum Gasteiger partial charge on any atom is -0.355 e. The molecule has 0 radical (unpaired) electrons. The molecule has 15 heavy (non-hydrogen) atoms. The van der Waals surface area contributed by atoms with Gasteiger partial charge in [-0.05, 0) is 33.1 Å². The lowest BCUT2D eigenvalue weighted by molar-refractivity contribution is -0.122. The first kappa shape index (κ1) is 14.4. The Bertz CT molecular complexity index is 182. The van der Waals surface area contributed by atoms with Crippen LogP contribution in [0.25, 0.3) is 0 Å². The summed E-state index contributed by atoms with van der Waals surface area (Å²) in [7, 11) is 0. The average molecular weight is 214 g/mol. The van der Waals surface area contributed by atoms with Gasteiger partial charge in [-0.3, -0.25) is 4.79 Å². The molecular weight excluding hydrogens is 188 g/mol. The third-order valence-corrected chi connectivity index (χ3v) is 2.73. The minimum absolute atomic E-state index is 0.0912. The van der Waals surface area contributed by atoms with Crippen molar-refractivity contribution in [2.75, 3.05) is 6.54 Å². The highest BCUT2D eigenvalue weighted by atomic mass is 16.2. The lowest BCUT2D eigenvalue weighted by Crippen LogP contribution is -2.46. The van der Waals surface area contributed by atoms with E-state index in [1.54, 1.807) is 0 Å². The maximum Gasteiger partial charge on any atom is 0.236 e. The molecule has 0 saturated heterocycles. The van der Waals surface area contributed by atoms with Crippen LogP contribution in [-0.4, -0.2) is 24.5 Å². The average Bonchev–Trinajstić information content (AvgIpc) is 2.17. The lowest BCUT2D eigenvalue weighted by Gasteiger charge is -2.21. The van der Waals surface area contributed by atoms with Gasteiger partial charge in [-0.15, -0.1) is 0 Å². The fourth-order valence-corrected chi connectivity index (χ4v) is 1.67. The number of hydrogen-bond acceptors (Lipinski definition) is 2. The minimum atomic E-state index is -0.0935. The van der Waals surface area contributed by atoms with Crippen molar-refractivity contribution in [2.45, 2.75) is 59.5 Å². The van der Waals surface area contributed by atoms with Gasteiger partial charge in [0.1, 0.15) is 0 Å². The Hall–Kier alpha value is -0.570. The van der Waals surface area contributed by atoms with Gasteiger partial charge in [-0.25, -0.2) is 0 Å². The zero-order valence-corrected chi connectivity index (χ0v) is 10.8. The quantitative estimate of drug-likeness (QED) is 0.680. The zero-order chi connectivity index (χ0) is 11.8. The molecule has 0 aromatic rings. The highest BCUT2D eigenvalue weighted by Crippen LogP contribution is 2.09. The molecule has 90 valence electrons. The Balaban J connectivity index is 3.84. The van der Waals surface area contributed by atoms with Gasteiger partial charge < -0.3 is 10.6 Å². The Morgan fingerprint density at radius 3 is 2.27 bits per heavy atom. The van der Waals surface area contributed by atoms with Gasteiger partial charge in [0.2, 0.25) is 5.91 Å². The first-order valence-corrected chi connectivity index (χ1v) is 6.04. The summed E-state index contributed by atoms with van der Waals surface area (Å²) in [5.41, 5.74) is 0. The fourth-order valence-electron chi connectivity index (χ4n) is 1.67. The molecule has 3 atom stereocenters. The van der Waals surface area contributed by atoms with Crippen molar-refractivity contribution < 1.29 is 4.79 Å². The van der Waals surface area contributed by atoms with Crippen LogP contribution in [-0.2, 0) is 4.79 Å². The van der Waals surface area contributed by atoms with Crippen LogP contribution in [0, 0.1) is 5.92 Å². The molecule has 0 aromatic heterocycles. The van der Waals surface area contributed by atoms with E-state index < -0.39 is 0 Å². The molecule has 3 nitrogen and oxygen atoms in total. The van der Waals surface area contributed by atoms with Crippen LogP contribution >= 0.6 is 0 Å². The highest BCUT2D eigenvalue weighted by Gasteiger charge is 2.15. The molecular formula is C12H26N2O. The van der Waals surface area contributed by atoms with Gasteiger partial charge in [0.05, 0.1) is 6.04 Å². The van der Waals surface area contributed by atoms with Gasteiger partial charge in [-0.2, -0.15) is 0 Å². The molecule has 0 aliphatic carbocycles. The normalized spacial score (nSPS) is 16.9. The topological polar surface area (TPSA) is 41.1 Å². The van der Waals surface area contributed by atoms with Gasteiger partial charge in [-0.1, -0.05) is 20.3 Å². The zero-order valence-electron chi connectivity index (χ0n) is 10.8. The maximum atomic E-state index is 11.5. The second-order valence-corrected chi connectivity index (χ2v) is 4.43. The fraction of sp³-hybridized carbons (Fsp3) is 0.917. The summed E-state index contributed by atoms with van der Waals surface area (Å²) in [6.45, 7) is 11.1.